The van der Waals surface area contributed by atoms with Crippen molar-refractivity contribution in [1.29, 1.82) is 0 Å². The molecular formula is C9H12N4O7. The van der Waals surface area contributed by atoms with E-state index in [0.29, 0.717) is 4.57 Å². The lowest BCUT2D eigenvalue weighted by Gasteiger charge is -2.16. The molecule has 2 heterocycles. The third-order valence-electron chi connectivity index (χ3n) is 2.95. The number of hydrogen-bond donors (Lipinski definition) is 4. The minimum Gasteiger partial charge on any atom is -0.394 e. The summed E-state index contributed by atoms with van der Waals surface area (Å²) in [7, 11) is 0. The van der Waals surface area contributed by atoms with Gasteiger partial charge in [-0.15, -0.1) is 0 Å². The van der Waals surface area contributed by atoms with Crippen molar-refractivity contribution in [2.45, 2.75) is 24.5 Å². The van der Waals surface area contributed by atoms with E-state index in [1.807, 2.05) is 0 Å². The first-order valence-electron chi connectivity index (χ1n) is 5.52. The summed E-state index contributed by atoms with van der Waals surface area (Å²) in [4.78, 5) is 24.8. The lowest BCUT2D eigenvalue weighted by Crippen LogP contribution is -2.36. The van der Waals surface area contributed by atoms with Gasteiger partial charge in [0.25, 0.3) is 0 Å². The van der Waals surface area contributed by atoms with Crippen molar-refractivity contribution in [3.63, 3.8) is 0 Å². The van der Waals surface area contributed by atoms with Gasteiger partial charge in [-0.1, -0.05) is 0 Å². The molecule has 4 atom stereocenters. The lowest BCUT2D eigenvalue weighted by molar-refractivity contribution is -0.384. The molecule has 5 N–H and O–H groups in total. The number of aliphatic hydroxyl groups excluding tert-OH is 3. The van der Waals surface area contributed by atoms with Crippen LogP contribution in [0.15, 0.2) is 11.0 Å². The molecule has 1 saturated heterocycles. The summed E-state index contributed by atoms with van der Waals surface area (Å²) < 4.78 is 5.74. The van der Waals surface area contributed by atoms with Gasteiger partial charge in [0, 0.05) is 0 Å². The first-order valence-corrected chi connectivity index (χ1v) is 5.52. The Morgan fingerprint density at radius 2 is 2.15 bits per heavy atom. The Bertz CT molecular complexity index is 588. The van der Waals surface area contributed by atoms with Crippen LogP contribution in [-0.2, 0) is 4.74 Å². The summed E-state index contributed by atoms with van der Waals surface area (Å²) in [5, 5.41) is 39.0. The third-order valence-corrected chi connectivity index (χ3v) is 2.95. The van der Waals surface area contributed by atoms with Gasteiger partial charge in [0.2, 0.25) is 5.82 Å². The fourth-order valence-electron chi connectivity index (χ4n) is 1.90. The van der Waals surface area contributed by atoms with Crippen LogP contribution in [0, 0.1) is 10.1 Å². The normalized spacial score (nSPS) is 29.6. The maximum atomic E-state index is 11.7. The summed E-state index contributed by atoms with van der Waals surface area (Å²) in [5.41, 5.74) is 3.63. The Labute approximate surface area is 111 Å². The molecule has 11 heteroatoms. The van der Waals surface area contributed by atoms with Gasteiger partial charge in [0.15, 0.2) is 6.23 Å². The van der Waals surface area contributed by atoms with Crippen molar-refractivity contribution in [2.24, 2.45) is 0 Å². The molecule has 1 aromatic heterocycles. The van der Waals surface area contributed by atoms with E-state index in [9.17, 15) is 25.1 Å². The molecule has 1 aliphatic heterocycles. The van der Waals surface area contributed by atoms with Crippen LogP contribution in [0.3, 0.4) is 0 Å². The Morgan fingerprint density at radius 3 is 2.65 bits per heavy atom. The molecule has 11 nitrogen and oxygen atoms in total. The van der Waals surface area contributed by atoms with E-state index in [1.165, 1.54) is 0 Å². The highest BCUT2D eigenvalue weighted by Gasteiger charge is 2.44. The first-order chi connectivity index (χ1) is 9.36. The number of aliphatic hydroxyl groups is 3. The topological polar surface area (TPSA) is 174 Å². The molecule has 0 spiro atoms. The van der Waals surface area contributed by atoms with E-state index in [0.717, 1.165) is 6.20 Å². The predicted molar refractivity (Wildman–Crippen MR) is 62.6 cm³/mol. The van der Waals surface area contributed by atoms with E-state index in [4.69, 9.17) is 15.6 Å². The van der Waals surface area contributed by atoms with Gasteiger partial charge in [-0.25, -0.2) is 4.79 Å². The van der Waals surface area contributed by atoms with Crippen molar-refractivity contribution < 1.29 is 25.0 Å². The molecule has 0 saturated carbocycles. The molecule has 0 radical (unpaired) electrons. The van der Waals surface area contributed by atoms with Crippen LogP contribution >= 0.6 is 0 Å². The Balaban J connectivity index is 2.46. The molecule has 110 valence electrons. The number of hydrogen-bond acceptors (Lipinski definition) is 9. The number of nitro groups is 1. The van der Waals surface area contributed by atoms with Crippen LogP contribution in [0.2, 0.25) is 0 Å². The van der Waals surface area contributed by atoms with Crippen LogP contribution in [0.1, 0.15) is 6.23 Å². The second kappa shape index (κ2) is 5.13. The summed E-state index contributed by atoms with van der Waals surface area (Å²) in [6, 6.07) is 0. The number of nitrogens with two attached hydrogens (primary N) is 1. The molecule has 0 aromatic carbocycles. The van der Waals surface area contributed by atoms with Crippen LogP contribution in [0.5, 0.6) is 0 Å². The second-order valence-electron chi connectivity index (χ2n) is 4.19. The quantitative estimate of drug-likeness (QED) is 0.342. The second-order valence-corrected chi connectivity index (χ2v) is 4.19. The van der Waals surface area contributed by atoms with Gasteiger partial charge >= 0.3 is 11.4 Å². The Morgan fingerprint density at radius 1 is 1.50 bits per heavy atom. The van der Waals surface area contributed by atoms with Gasteiger partial charge in [-0.2, -0.15) is 4.98 Å². The van der Waals surface area contributed by atoms with Gasteiger partial charge < -0.3 is 25.8 Å². The van der Waals surface area contributed by atoms with Crippen LogP contribution in [0.4, 0.5) is 11.5 Å². The fourth-order valence-corrected chi connectivity index (χ4v) is 1.90. The van der Waals surface area contributed by atoms with E-state index >= 15 is 0 Å². The maximum Gasteiger partial charge on any atom is 0.352 e. The van der Waals surface area contributed by atoms with Gasteiger partial charge in [0.05, 0.1) is 17.7 Å². The van der Waals surface area contributed by atoms with Crippen molar-refractivity contribution in [3.05, 3.63) is 26.8 Å². The Kier molecular flexibility index (Phi) is 3.67. The SMILES string of the molecule is Nc1nc(=O)n([C@H]2O[C@@H](CO)[C@@H](O)[C@H]2O)cc1[N+](=O)[O-]. The summed E-state index contributed by atoms with van der Waals surface area (Å²) in [5.74, 6) is -0.567. The zero-order valence-corrected chi connectivity index (χ0v) is 9.99. The molecule has 1 aromatic rings. The molecule has 1 aliphatic rings. The molecular weight excluding hydrogens is 276 g/mol. The van der Waals surface area contributed by atoms with Gasteiger partial charge in [-0.05, 0) is 0 Å². The molecule has 0 aliphatic carbocycles. The molecule has 2 rings (SSSR count). The van der Waals surface area contributed by atoms with Crippen LogP contribution < -0.4 is 11.4 Å². The largest absolute Gasteiger partial charge is 0.394 e. The summed E-state index contributed by atoms with van der Waals surface area (Å²) in [6.07, 6.45) is -4.73. The van der Waals surface area contributed by atoms with E-state index in [-0.39, 0.29) is 0 Å². The minimum absolute atomic E-state index is 0.567. The Hall–Kier alpha value is -2.08. The highest BCUT2D eigenvalue weighted by molar-refractivity contribution is 5.49. The van der Waals surface area contributed by atoms with E-state index < -0.39 is 53.3 Å². The monoisotopic (exact) mass is 288 g/mol. The van der Waals surface area contributed by atoms with E-state index in [1.54, 1.807) is 0 Å². The third kappa shape index (κ3) is 2.22. The standard InChI is InChI=1S/C9H12N4O7/c10-7-3(13(18)19)1-12(9(17)11-7)8-6(16)5(15)4(2-14)20-8/h1,4-6,8,14-16H,2H2,(H2,10,11,17)/t4-,5+,6+,8-/m0/s1. The van der Waals surface area contributed by atoms with Crippen molar-refractivity contribution in [2.75, 3.05) is 12.3 Å². The van der Waals surface area contributed by atoms with Crippen LogP contribution in [0.25, 0.3) is 0 Å². The highest BCUT2D eigenvalue weighted by Crippen LogP contribution is 2.29. The van der Waals surface area contributed by atoms with Crippen molar-refractivity contribution in [3.8, 4) is 0 Å². The zero-order chi connectivity index (χ0) is 15.0. The zero-order valence-electron chi connectivity index (χ0n) is 9.99. The molecule has 1 fully saturated rings. The van der Waals surface area contributed by atoms with Gasteiger partial charge in [-0.3, -0.25) is 14.7 Å². The van der Waals surface area contributed by atoms with Crippen molar-refractivity contribution >= 4 is 11.5 Å². The summed E-state index contributed by atoms with van der Waals surface area (Å²) >= 11 is 0. The predicted octanol–water partition coefficient (Wildman–Crippen LogP) is -2.65. The molecule has 20 heavy (non-hydrogen) atoms. The number of anilines is 1. The van der Waals surface area contributed by atoms with E-state index in [2.05, 4.69) is 4.98 Å². The molecule has 0 bridgehead atoms. The molecule has 0 unspecified atom stereocenters. The average molecular weight is 288 g/mol. The number of rotatable bonds is 3. The average Bonchev–Trinajstić information content (AvgIpc) is 2.66. The number of aromatic nitrogens is 2. The highest BCUT2D eigenvalue weighted by atomic mass is 16.6. The first kappa shape index (κ1) is 14.3. The number of nitrogen functional groups attached to an aromatic ring is 1. The summed E-state index contributed by atoms with van der Waals surface area (Å²) in [6.45, 7) is -0.589. The molecule has 0 amide bonds. The number of nitrogens with zero attached hydrogens (tertiary/aromatic N) is 3. The van der Waals surface area contributed by atoms with Gasteiger partial charge in [0.1, 0.15) is 18.3 Å². The maximum absolute atomic E-state index is 11.7. The van der Waals surface area contributed by atoms with Crippen LogP contribution in [-0.4, -0.2) is 54.7 Å². The fraction of sp³-hybridized carbons (Fsp3) is 0.556. The number of ether oxygens (including phenoxy) is 1. The minimum atomic E-state index is -1.55. The smallest absolute Gasteiger partial charge is 0.352 e. The van der Waals surface area contributed by atoms with Crippen molar-refractivity contribution in [1.82, 2.24) is 9.55 Å². The lowest BCUT2D eigenvalue weighted by atomic mass is 10.1.